The summed E-state index contributed by atoms with van der Waals surface area (Å²) in [5, 5.41) is 11.5. The fourth-order valence-electron chi connectivity index (χ4n) is 2.75. The highest BCUT2D eigenvalue weighted by Gasteiger charge is 2.38. The van der Waals surface area contributed by atoms with Crippen LogP contribution < -0.4 is 11.1 Å². The number of furan rings is 1. The number of carboxylic acid groups (broad SMARTS) is 1. The first-order valence-electron chi connectivity index (χ1n) is 8.09. The van der Waals surface area contributed by atoms with Gasteiger partial charge in [0.1, 0.15) is 5.58 Å². The van der Waals surface area contributed by atoms with Crippen molar-refractivity contribution in [1.82, 2.24) is 5.32 Å². The van der Waals surface area contributed by atoms with Crippen molar-refractivity contribution in [2.24, 2.45) is 11.7 Å². The number of nitrogens with two attached hydrogens (primary N) is 1. The molecule has 148 valence electrons. The zero-order valence-electron chi connectivity index (χ0n) is 14.1. The van der Waals surface area contributed by atoms with E-state index in [2.05, 4.69) is 5.32 Å². The van der Waals surface area contributed by atoms with Gasteiger partial charge >= 0.3 is 12.1 Å². The highest BCUT2D eigenvalue weighted by molar-refractivity contribution is 6.31. The number of hydrogen-bond acceptors (Lipinski definition) is 4. The van der Waals surface area contributed by atoms with Crippen LogP contribution in [0.1, 0.15) is 29.8 Å². The summed E-state index contributed by atoms with van der Waals surface area (Å²) in [4.78, 5) is 21.0. The summed E-state index contributed by atoms with van der Waals surface area (Å²) in [6.45, 7) is 0.657. The van der Waals surface area contributed by atoms with Crippen molar-refractivity contribution in [1.29, 1.82) is 0 Å². The van der Waals surface area contributed by atoms with Crippen molar-refractivity contribution in [2.75, 3.05) is 6.54 Å². The zero-order valence-corrected chi connectivity index (χ0v) is 14.8. The maximum absolute atomic E-state index is 12.1. The van der Waals surface area contributed by atoms with E-state index >= 15 is 0 Å². The van der Waals surface area contributed by atoms with Gasteiger partial charge in [-0.1, -0.05) is 11.6 Å². The molecule has 1 fully saturated rings. The van der Waals surface area contributed by atoms with Gasteiger partial charge in [0.05, 0.1) is 0 Å². The number of aliphatic carboxylic acids is 1. The Hall–Kier alpha value is -2.26. The number of carbonyl (C=O) groups excluding carboxylic acids is 1. The summed E-state index contributed by atoms with van der Waals surface area (Å²) in [6.07, 6.45) is -1.98. The van der Waals surface area contributed by atoms with Crippen molar-refractivity contribution in [3.63, 3.8) is 0 Å². The molecule has 2 atom stereocenters. The summed E-state index contributed by atoms with van der Waals surface area (Å²) < 4.78 is 37.3. The number of carboxylic acids is 1. The molecule has 3 rings (SSSR count). The molecular weight excluding hydrogens is 389 g/mol. The molecule has 0 aliphatic heterocycles. The fourth-order valence-corrected chi connectivity index (χ4v) is 2.93. The van der Waals surface area contributed by atoms with Crippen LogP contribution in [0.25, 0.3) is 11.0 Å². The molecular formula is C17H18ClF3N2O4. The Morgan fingerprint density at radius 1 is 1.30 bits per heavy atom. The number of amides is 1. The first-order chi connectivity index (χ1) is 12.6. The Morgan fingerprint density at radius 2 is 1.96 bits per heavy atom. The second-order valence-electron chi connectivity index (χ2n) is 6.24. The number of fused-ring (bicyclic) bond motifs is 1. The molecule has 1 saturated carbocycles. The lowest BCUT2D eigenvalue weighted by molar-refractivity contribution is -0.192. The van der Waals surface area contributed by atoms with Gasteiger partial charge in [-0.05, 0) is 49.4 Å². The summed E-state index contributed by atoms with van der Waals surface area (Å²) in [5.41, 5.74) is 6.53. The third-order valence-corrected chi connectivity index (χ3v) is 4.31. The zero-order chi connectivity index (χ0) is 20.2. The fraction of sp³-hybridized carbons (Fsp3) is 0.412. The standard InChI is InChI=1S/C15H17ClN2O2.C2HF3O2/c16-11-2-4-13-10(6-11)7-14(20-13)15(19)18-8-9-1-3-12(17)5-9;3-2(4,5)1(6)7/h2,4,6-7,9,12H,1,3,5,8,17H2,(H,18,19);(H,6,7). The van der Waals surface area contributed by atoms with E-state index in [0.29, 0.717) is 28.8 Å². The average molecular weight is 407 g/mol. The molecule has 4 N–H and O–H groups in total. The Balaban J connectivity index is 0.000000321. The molecule has 6 nitrogen and oxygen atoms in total. The predicted molar refractivity (Wildman–Crippen MR) is 92.6 cm³/mol. The summed E-state index contributed by atoms with van der Waals surface area (Å²) >= 11 is 5.91. The molecule has 1 aromatic carbocycles. The number of benzene rings is 1. The van der Waals surface area contributed by atoms with E-state index in [1.165, 1.54) is 0 Å². The van der Waals surface area contributed by atoms with Gasteiger partial charge in [-0.2, -0.15) is 13.2 Å². The van der Waals surface area contributed by atoms with Crippen LogP contribution in [0.3, 0.4) is 0 Å². The number of halogens is 4. The highest BCUT2D eigenvalue weighted by Crippen LogP contribution is 2.25. The lowest BCUT2D eigenvalue weighted by atomic mass is 10.1. The van der Waals surface area contributed by atoms with Crippen molar-refractivity contribution in [2.45, 2.75) is 31.5 Å². The molecule has 0 bridgehead atoms. The molecule has 1 amide bonds. The van der Waals surface area contributed by atoms with Gasteiger partial charge in [0.25, 0.3) is 5.91 Å². The monoisotopic (exact) mass is 406 g/mol. The third kappa shape index (κ3) is 6.14. The topological polar surface area (TPSA) is 106 Å². The van der Waals surface area contributed by atoms with Gasteiger partial charge in [-0.15, -0.1) is 0 Å². The molecule has 0 saturated heterocycles. The van der Waals surface area contributed by atoms with E-state index in [1.807, 2.05) is 0 Å². The predicted octanol–water partition coefficient (Wildman–Crippen LogP) is 3.58. The SMILES string of the molecule is NC1CCC(CNC(=O)c2cc3cc(Cl)ccc3o2)C1.O=C(O)C(F)(F)F. The molecule has 0 spiro atoms. The summed E-state index contributed by atoms with van der Waals surface area (Å²) in [5.74, 6) is -2.14. The smallest absolute Gasteiger partial charge is 0.475 e. The van der Waals surface area contributed by atoms with Gasteiger partial charge < -0.3 is 20.6 Å². The quantitative estimate of drug-likeness (QED) is 0.722. The van der Waals surface area contributed by atoms with Crippen LogP contribution in [-0.4, -0.2) is 35.7 Å². The molecule has 10 heteroatoms. The molecule has 27 heavy (non-hydrogen) atoms. The van der Waals surface area contributed by atoms with E-state index < -0.39 is 12.1 Å². The van der Waals surface area contributed by atoms with Crippen LogP contribution in [0.2, 0.25) is 5.02 Å². The normalized spacial score (nSPS) is 19.4. The second-order valence-corrected chi connectivity index (χ2v) is 6.68. The van der Waals surface area contributed by atoms with E-state index in [9.17, 15) is 18.0 Å². The van der Waals surface area contributed by atoms with Gasteiger partial charge in [0.2, 0.25) is 0 Å². The molecule has 2 unspecified atom stereocenters. The lowest BCUT2D eigenvalue weighted by Crippen LogP contribution is -2.28. The number of alkyl halides is 3. The largest absolute Gasteiger partial charge is 0.490 e. The molecule has 1 heterocycles. The van der Waals surface area contributed by atoms with E-state index in [0.717, 1.165) is 24.6 Å². The Morgan fingerprint density at radius 3 is 2.52 bits per heavy atom. The van der Waals surface area contributed by atoms with Crippen LogP contribution in [-0.2, 0) is 4.79 Å². The Bertz CT molecular complexity index is 822. The van der Waals surface area contributed by atoms with Gasteiger partial charge in [-0.25, -0.2) is 4.79 Å². The van der Waals surface area contributed by atoms with E-state index in [4.69, 9.17) is 31.7 Å². The van der Waals surface area contributed by atoms with Gasteiger partial charge in [0, 0.05) is 23.0 Å². The molecule has 1 aromatic heterocycles. The van der Waals surface area contributed by atoms with Crippen molar-refractivity contribution < 1.29 is 32.3 Å². The molecule has 2 aromatic rings. The second kappa shape index (κ2) is 8.62. The van der Waals surface area contributed by atoms with Crippen molar-refractivity contribution >= 4 is 34.4 Å². The number of nitrogens with one attached hydrogen (secondary N) is 1. The number of carbonyl (C=O) groups is 2. The minimum absolute atomic E-state index is 0.183. The minimum atomic E-state index is -5.08. The number of hydrogen-bond donors (Lipinski definition) is 3. The average Bonchev–Trinajstić information content (AvgIpc) is 3.17. The number of rotatable bonds is 3. The van der Waals surface area contributed by atoms with Crippen LogP contribution in [0.15, 0.2) is 28.7 Å². The first-order valence-corrected chi connectivity index (χ1v) is 8.47. The lowest BCUT2D eigenvalue weighted by Gasteiger charge is -2.09. The van der Waals surface area contributed by atoms with Crippen molar-refractivity contribution in [3.8, 4) is 0 Å². The third-order valence-electron chi connectivity index (χ3n) is 4.08. The van der Waals surface area contributed by atoms with Gasteiger partial charge in [-0.3, -0.25) is 4.79 Å². The maximum atomic E-state index is 12.1. The molecule has 1 aliphatic carbocycles. The molecule has 1 aliphatic rings. The van der Waals surface area contributed by atoms with Crippen LogP contribution >= 0.6 is 11.6 Å². The highest BCUT2D eigenvalue weighted by atomic mass is 35.5. The Labute approximate surface area is 157 Å². The van der Waals surface area contributed by atoms with E-state index in [-0.39, 0.29) is 11.9 Å². The van der Waals surface area contributed by atoms with Crippen LogP contribution in [0.4, 0.5) is 13.2 Å². The minimum Gasteiger partial charge on any atom is -0.475 e. The van der Waals surface area contributed by atoms with E-state index in [1.54, 1.807) is 24.3 Å². The first kappa shape index (κ1) is 21.0. The summed E-state index contributed by atoms with van der Waals surface area (Å²) in [7, 11) is 0. The molecule has 0 radical (unpaired) electrons. The van der Waals surface area contributed by atoms with Crippen LogP contribution in [0, 0.1) is 5.92 Å². The van der Waals surface area contributed by atoms with Gasteiger partial charge in [0.15, 0.2) is 5.76 Å². The maximum Gasteiger partial charge on any atom is 0.490 e. The summed E-state index contributed by atoms with van der Waals surface area (Å²) in [6, 6.07) is 7.30. The van der Waals surface area contributed by atoms with Crippen LogP contribution in [0.5, 0.6) is 0 Å². The Kier molecular flexibility index (Phi) is 6.72. The van der Waals surface area contributed by atoms with Crippen molar-refractivity contribution in [3.05, 3.63) is 35.0 Å².